The van der Waals surface area contributed by atoms with Crippen molar-refractivity contribution in [3.05, 3.63) is 46.5 Å². The van der Waals surface area contributed by atoms with Gasteiger partial charge in [0.15, 0.2) is 0 Å². The van der Waals surface area contributed by atoms with Crippen LogP contribution in [0, 0.1) is 10.1 Å². The maximum atomic E-state index is 10.7. The van der Waals surface area contributed by atoms with Crippen LogP contribution >= 0.6 is 0 Å². The molecule has 4 heteroatoms. The van der Waals surface area contributed by atoms with Gasteiger partial charge in [-0.3, -0.25) is 10.1 Å². The van der Waals surface area contributed by atoms with Gasteiger partial charge in [0.2, 0.25) is 0 Å². The lowest BCUT2D eigenvalue weighted by atomic mass is 10.1. The maximum absolute atomic E-state index is 10.7. The molecular weight excluding hydrogens is 180 g/mol. The van der Waals surface area contributed by atoms with Gasteiger partial charge >= 0.3 is 0 Å². The average molecular weight is 188 g/mol. The number of nitrogen functional groups attached to an aromatic ring is 1. The van der Waals surface area contributed by atoms with Gasteiger partial charge in [0.25, 0.3) is 5.69 Å². The van der Waals surface area contributed by atoms with E-state index in [1.807, 2.05) is 0 Å². The number of nitro benzene ring substituents is 1. The number of nitro groups is 1. The number of benzene rings is 2. The summed E-state index contributed by atoms with van der Waals surface area (Å²) < 4.78 is 0. The maximum Gasteiger partial charge on any atom is 0.279 e. The summed E-state index contributed by atoms with van der Waals surface area (Å²) in [5.41, 5.74) is 6.19. The monoisotopic (exact) mass is 188 g/mol. The van der Waals surface area contributed by atoms with Crippen molar-refractivity contribution in [1.82, 2.24) is 0 Å². The Kier molecular flexibility index (Phi) is 1.81. The molecule has 0 atom stereocenters. The Labute approximate surface area is 80.1 Å². The summed E-state index contributed by atoms with van der Waals surface area (Å²) in [6.07, 6.45) is 0. The number of non-ortho nitro benzene ring substituents is 1. The van der Waals surface area contributed by atoms with Crippen LogP contribution in [0.1, 0.15) is 0 Å². The molecule has 0 saturated carbocycles. The number of nitrogens with zero attached hydrogens (tertiary/aromatic N) is 1. The zero-order valence-corrected chi connectivity index (χ0v) is 7.31. The van der Waals surface area contributed by atoms with Gasteiger partial charge in [-0.05, 0) is 11.5 Å². The summed E-state index contributed by atoms with van der Waals surface area (Å²) in [5, 5.41) is 12.0. The molecule has 0 radical (unpaired) electrons. The number of hydrogen-bond donors (Lipinski definition) is 1. The van der Waals surface area contributed by atoms with Crippen molar-refractivity contribution in [3.8, 4) is 0 Å². The van der Waals surface area contributed by atoms with E-state index in [9.17, 15) is 10.1 Å². The minimum atomic E-state index is -0.418. The van der Waals surface area contributed by atoms with E-state index in [1.54, 1.807) is 30.3 Å². The molecule has 70 valence electrons. The van der Waals surface area contributed by atoms with E-state index in [0.717, 1.165) is 5.39 Å². The largest absolute Gasteiger partial charge is 0.398 e. The van der Waals surface area contributed by atoms with Crippen LogP contribution in [0.4, 0.5) is 11.4 Å². The highest BCUT2D eigenvalue weighted by molar-refractivity contribution is 5.99. The number of anilines is 1. The standard InChI is InChI=1S/C10H8N2O2/c11-8-5-1-3-7-4-2-6-9(10(7)8)12(13)14/h1-6H,11H2. The summed E-state index contributed by atoms with van der Waals surface area (Å²) in [7, 11) is 0. The molecule has 0 bridgehead atoms. The first-order valence-electron chi connectivity index (χ1n) is 4.12. The molecule has 0 aliphatic carbocycles. The van der Waals surface area contributed by atoms with Crippen molar-refractivity contribution in [2.75, 3.05) is 5.73 Å². The second-order valence-corrected chi connectivity index (χ2v) is 2.98. The predicted octanol–water partition coefficient (Wildman–Crippen LogP) is 2.33. The topological polar surface area (TPSA) is 69.2 Å². The van der Waals surface area contributed by atoms with Crippen molar-refractivity contribution in [3.63, 3.8) is 0 Å². The molecule has 0 saturated heterocycles. The van der Waals surface area contributed by atoms with Gasteiger partial charge in [0.05, 0.1) is 10.3 Å². The lowest BCUT2D eigenvalue weighted by molar-refractivity contribution is -0.383. The SMILES string of the molecule is Nc1cccc2cccc([N+](=O)[O-])c12. The fraction of sp³-hybridized carbons (Fsp3) is 0. The third-order valence-electron chi connectivity index (χ3n) is 2.11. The Morgan fingerprint density at radius 2 is 1.79 bits per heavy atom. The third-order valence-corrected chi connectivity index (χ3v) is 2.11. The van der Waals surface area contributed by atoms with Crippen LogP contribution in [-0.2, 0) is 0 Å². The van der Waals surface area contributed by atoms with Gasteiger partial charge < -0.3 is 5.73 Å². The molecule has 4 nitrogen and oxygen atoms in total. The van der Waals surface area contributed by atoms with Crippen LogP contribution < -0.4 is 5.73 Å². The molecule has 0 aliphatic rings. The molecule has 0 unspecified atom stereocenters. The quantitative estimate of drug-likeness (QED) is 0.424. The van der Waals surface area contributed by atoms with Gasteiger partial charge in [-0.1, -0.05) is 24.3 Å². The first-order chi connectivity index (χ1) is 6.70. The van der Waals surface area contributed by atoms with E-state index in [-0.39, 0.29) is 5.69 Å². The summed E-state index contributed by atoms with van der Waals surface area (Å²) >= 11 is 0. The highest BCUT2D eigenvalue weighted by atomic mass is 16.6. The normalized spacial score (nSPS) is 10.3. The van der Waals surface area contributed by atoms with E-state index >= 15 is 0 Å². The third kappa shape index (κ3) is 1.17. The molecular formula is C10H8N2O2. The minimum Gasteiger partial charge on any atom is -0.398 e. The molecule has 2 rings (SSSR count). The second kappa shape index (κ2) is 2.99. The molecule has 0 aliphatic heterocycles. The van der Waals surface area contributed by atoms with Crippen LogP contribution in [0.3, 0.4) is 0 Å². The van der Waals surface area contributed by atoms with Crippen LogP contribution in [0.25, 0.3) is 10.8 Å². The second-order valence-electron chi connectivity index (χ2n) is 2.98. The predicted molar refractivity (Wildman–Crippen MR) is 55.0 cm³/mol. The first-order valence-corrected chi connectivity index (χ1v) is 4.12. The van der Waals surface area contributed by atoms with Crippen LogP contribution in [0.2, 0.25) is 0 Å². The Morgan fingerprint density at radius 3 is 2.43 bits per heavy atom. The smallest absolute Gasteiger partial charge is 0.279 e. The lowest BCUT2D eigenvalue weighted by Crippen LogP contribution is -1.93. The molecule has 0 heterocycles. The van der Waals surface area contributed by atoms with Crippen molar-refractivity contribution in [2.24, 2.45) is 0 Å². The van der Waals surface area contributed by atoms with Crippen molar-refractivity contribution in [1.29, 1.82) is 0 Å². The molecule has 0 aromatic heterocycles. The van der Waals surface area contributed by atoms with Gasteiger partial charge in [-0.25, -0.2) is 0 Å². The molecule has 2 aromatic carbocycles. The highest BCUT2D eigenvalue weighted by Crippen LogP contribution is 2.29. The molecule has 2 N–H and O–H groups in total. The van der Waals surface area contributed by atoms with E-state index in [2.05, 4.69) is 0 Å². The molecule has 0 fully saturated rings. The molecule has 0 amide bonds. The van der Waals surface area contributed by atoms with Crippen molar-refractivity contribution >= 4 is 22.1 Å². The summed E-state index contributed by atoms with van der Waals surface area (Å²) in [5.74, 6) is 0. The Hall–Kier alpha value is -2.10. The Morgan fingerprint density at radius 1 is 1.14 bits per heavy atom. The number of rotatable bonds is 1. The summed E-state index contributed by atoms with van der Waals surface area (Å²) in [4.78, 5) is 10.3. The van der Waals surface area contributed by atoms with Gasteiger partial charge in [0.1, 0.15) is 0 Å². The Balaban J connectivity index is 2.91. The number of fused-ring (bicyclic) bond motifs is 1. The van der Waals surface area contributed by atoms with E-state index in [1.165, 1.54) is 6.07 Å². The molecule has 2 aromatic rings. The van der Waals surface area contributed by atoms with Gasteiger partial charge in [-0.15, -0.1) is 0 Å². The lowest BCUT2D eigenvalue weighted by Gasteiger charge is -2.01. The number of nitrogens with two attached hydrogens (primary N) is 1. The van der Waals surface area contributed by atoms with Crippen LogP contribution in [-0.4, -0.2) is 4.92 Å². The minimum absolute atomic E-state index is 0.0561. The zero-order valence-electron chi connectivity index (χ0n) is 7.31. The van der Waals surface area contributed by atoms with Crippen LogP contribution in [0.5, 0.6) is 0 Å². The van der Waals surface area contributed by atoms with E-state index < -0.39 is 4.92 Å². The first kappa shape index (κ1) is 8.50. The summed E-state index contributed by atoms with van der Waals surface area (Å²) in [6.45, 7) is 0. The van der Waals surface area contributed by atoms with Crippen molar-refractivity contribution < 1.29 is 4.92 Å². The molecule has 0 spiro atoms. The molecule has 14 heavy (non-hydrogen) atoms. The van der Waals surface area contributed by atoms with E-state index in [4.69, 9.17) is 5.73 Å². The van der Waals surface area contributed by atoms with Crippen molar-refractivity contribution in [2.45, 2.75) is 0 Å². The fourth-order valence-corrected chi connectivity index (χ4v) is 1.50. The average Bonchev–Trinajstić information content (AvgIpc) is 2.17. The number of hydrogen-bond acceptors (Lipinski definition) is 3. The van der Waals surface area contributed by atoms with E-state index in [0.29, 0.717) is 11.1 Å². The van der Waals surface area contributed by atoms with Gasteiger partial charge in [-0.2, -0.15) is 0 Å². The highest BCUT2D eigenvalue weighted by Gasteiger charge is 2.12. The fourth-order valence-electron chi connectivity index (χ4n) is 1.50. The van der Waals surface area contributed by atoms with Gasteiger partial charge in [0, 0.05) is 11.8 Å². The summed E-state index contributed by atoms with van der Waals surface area (Å²) in [6, 6.07) is 10.2. The van der Waals surface area contributed by atoms with Crippen LogP contribution in [0.15, 0.2) is 36.4 Å². The zero-order chi connectivity index (χ0) is 10.1. The Bertz CT molecular complexity index is 503.